The van der Waals surface area contributed by atoms with Crippen LogP contribution in [0.2, 0.25) is 0 Å². The van der Waals surface area contributed by atoms with Crippen LogP contribution in [-0.2, 0) is 5.41 Å². The van der Waals surface area contributed by atoms with Gasteiger partial charge in [-0.25, -0.2) is 4.99 Å². The zero-order valence-corrected chi connectivity index (χ0v) is 25.8. The van der Waals surface area contributed by atoms with Gasteiger partial charge in [-0.05, 0) is 67.6 Å². The number of aromatic nitrogens is 1. The summed E-state index contributed by atoms with van der Waals surface area (Å²) in [7, 11) is 0. The molecule has 2 heterocycles. The number of para-hydroxylation sites is 2. The summed E-state index contributed by atoms with van der Waals surface area (Å²) in [6.45, 7) is 4.78. The van der Waals surface area contributed by atoms with Gasteiger partial charge in [-0.3, -0.25) is 0 Å². The van der Waals surface area contributed by atoms with E-state index in [1.807, 2.05) is 0 Å². The Bertz CT molecular complexity index is 2710. The third-order valence-electron chi connectivity index (χ3n) is 10.3. The maximum Gasteiger partial charge on any atom is 0.201 e. The van der Waals surface area contributed by atoms with Crippen LogP contribution in [0, 0.1) is 0 Å². The fourth-order valence-electron chi connectivity index (χ4n) is 8.35. The van der Waals surface area contributed by atoms with E-state index in [4.69, 9.17) is 4.99 Å². The van der Waals surface area contributed by atoms with Crippen LogP contribution in [0.15, 0.2) is 145 Å². The van der Waals surface area contributed by atoms with Crippen molar-refractivity contribution in [3.63, 3.8) is 0 Å². The van der Waals surface area contributed by atoms with Gasteiger partial charge in [0.25, 0.3) is 0 Å². The smallest absolute Gasteiger partial charge is 0.201 e. The first-order chi connectivity index (χ1) is 22.6. The SMILES string of the molecule is CC1(C)c2ccccc2-c2c1c1c(c3ccccc23)c2ccccc2n1C1N=c2ccccc2=C(c2ccc3ccccc3c2)N1. The molecule has 218 valence electrons. The molecule has 0 bridgehead atoms. The molecule has 0 spiro atoms. The molecule has 0 fully saturated rings. The van der Waals surface area contributed by atoms with E-state index in [0.29, 0.717) is 0 Å². The van der Waals surface area contributed by atoms with E-state index in [2.05, 4.69) is 163 Å². The van der Waals surface area contributed by atoms with Crippen molar-refractivity contribution < 1.29 is 0 Å². The van der Waals surface area contributed by atoms with Gasteiger partial charge >= 0.3 is 0 Å². The molecular formula is C43H31N3. The zero-order chi connectivity index (χ0) is 30.6. The first-order valence-electron chi connectivity index (χ1n) is 16.1. The summed E-state index contributed by atoms with van der Waals surface area (Å²) in [4.78, 5) is 5.46. The molecule has 1 unspecified atom stereocenters. The van der Waals surface area contributed by atoms with Crippen molar-refractivity contribution in [2.75, 3.05) is 0 Å². The lowest BCUT2D eigenvalue weighted by Crippen LogP contribution is -2.41. The van der Waals surface area contributed by atoms with Crippen molar-refractivity contribution in [3.05, 3.63) is 167 Å². The molecule has 1 atom stereocenters. The summed E-state index contributed by atoms with van der Waals surface area (Å²) in [5.74, 6) is 0. The van der Waals surface area contributed by atoms with E-state index < -0.39 is 0 Å². The summed E-state index contributed by atoms with van der Waals surface area (Å²) in [6, 6.07) is 50.7. The van der Waals surface area contributed by atoms with Gasteiger partial charge < -0.3 is 9.88 Å². The van der Waals surface area contributed by atoms with Crippen LogP contribution >= 0.6 is 0 Å². The molecule has 0 radical (unpaired) electrons. The first-order valence-corrected chi connectivity index (χ1v) is 16.1. The van der Waals surface area contributed by atoms with Crippen molar-refractivity contribution in [2.45, 2.75) is 25.6 Å². The lowest BCUT2D eigenvalue weighted by Gasteiger charge is -2.28. The van der Waals surface area contributed by atoms with Gasteiger partial charge in [-0.2, -0.15) is 0 Å². The predicted molar refractivity (Wildman–Crippen MR) is 190 cm³/mol. The van der Waals surface area contributed by atoms with Crippen LogP contribution in [0.1, 0.15) is 36.8 Å². The molecule has 8 aromatic rings. The Morgan fingerprint density at radius 2 is 1.35 bits per heavy atom. The van der Waals surface area contributed by atoms with Crippen LogP contribution in [0.3, 0.4) is 0 Å². The second-order valence-electron chi connectivity index (χ2n) is 13.2. The average molecular weight is 590 g/mol. The van der Waals surface area contributed by atoms with Crippen LogP contribution in [0.4, 0.5) is 0 Å². The quantitative estimate of drug-likeness (QED) is 0.214. The van der Waals surface area contributed by atoms with Crippen molar-refractivity contribution in [2.24, 2.45) is 4.99 Å². The molecule has 1 aromatic heterocycles. The average Bonchev–Trinajstić information content (AvgIpc) is 3.57. The zero-order valence-electron chi connectivity index (χ0n) is 25.8. The maximum absolute atomic E-state index is 5.46. The molecule has 7 aromatic carbocycles. The van der Waals surface area contributed by atoms with Gasteiger partial charge in [-0.1, -0.05) is 135 Å². The Labute approximate surface area is 266 Å². The summed E-state index contributed by atoms with van der Waals surface area (Å²) >= 11 is 0. The third-order valence-corrected chi connectivity index (χ3v) is 10.3. The molecule has 0 amide bonds. The Morgan fingerprint density at radius 3 is 2.24 bits per heavy atom. The molecular weight excluding hydrogens is 558 g/mol. The molecule has 10 rings (SSSR count). The number of nitrogens with one attached hydrogen (secondary N) is 1. The summed E-state index contributed by atoms with van der Waals surface area (Å²) < 4.78 is 2.49. The third kappa shape index (κ3) is 3.35. The van der Waals surface area contributed by atoms with Gasteiger partial charge in [0.1, 0.15) is 0 Å². The number of fused-ring (bicyclic) bond motifs is 12. The molecule has 2 aliphatic rings. The Morgan fingerprint density at radius 1 is 0.652 bits per heavy atom. The minimum absolute atomic E-state index is 0.197. The highest BCUT2D eigenvalue weighted by molar-refractivity contribution is 6.26. The van der Waals surface area contributed by atoms with Crippen molar-refractivity contribution in [1.82, 2.24) is 9.88 Å². The molecule has 3 nitrogen and oxygen atoms in total. The number of benzene rings is 7. The largest absolute Gasteiger partial charge is 0.345 e. The normalized spacial score (nSPS) is 16.3. The van der Waals surface area contributed by atoms with Crippen LogP contribution in [-0.4, -0.2) is 4.57 Å². The van der Waals surface area contributed by atoms with Gasteiger partial charge in [0.15, 0.2) is 0 Å². The van der Waals surface area contributed by atoms with Crippen molar-refractivity contribution >= 4 is 49.0 Å². The van der Waals surface area contributed by atoms with Crippen LogP contribution in [0.25, 0.3) is 60.2 Å². The van der Waals surface area contributed by atoms with Gasteiger partial charge in [0.05, 0.1) is 22.1 Å². The van der Waals surface area contributed by atoms with E-state index in [-0.39, 0.29) is 11.7 Å². The molecule has 1 aliphatic carbocycles. The van der Waals surface area contributed by atoms with Gasteiger partial charge in [0, 0.05) is 21.4 Å². The highest BCUT2D eigenvalue weighted by Crippen LogP contribution is 2.56. The lowest BCUT2D eigenvalue weighted by atomic mass is 9.80. The van der Waals surface area contributed by atoms with Crippen LogP contribution in [0.5, 0.6) is 0 Å². The monoisotopic (exact) mass is 589 g/mol. The second-order valence-corrected chi connectivity index (χ2v) is 13.2. The molecule has 3 heteroatoms. The van der Waals surface area contributed by atoms with E-state index >= 15 is 0 Å². The summed E-state index contributed by atoms with van der Waals surface area (Å²) in [6.07, 6.45) is -0.344. The van der Waals surface area contributed by atoms with E-state index in [1.54, 1.807) is 0 Å². The molecule has 0 saturated heterocycles. The lowest BCUT2D eigenvalue weighted by molar-refractivity contribution is 0.487. The topological polar surface area (TPSA) is 29.3 Å². The standard InChI is InChI=1S/C43H31N3/c1-43(2)34-20-10-7-17-31(34)37-29-15-5-6-16-30(29)38-33-19-9-12-22-36(33)46(41(38)39(37)43)42-44-35-21-11-8-18-32(35)40(45-42)28-24-23-26-13-3-4-14-27(26)25-28/h3-25,42,45H,1-2H3. The Balaban J connectivity index is 1.33. The summed E-state index contributed by atoms with van der Waals surface area (Å²) in [5, 5.41) is 13.7. The van der Waals surface area contributed by atoms with E-state index in [9.17, 15) is 0 Å². The number of rotatable bonds is 2. The van der Waals surface area contributed by atoms with Crippen molar-refractivity contribution in [1.29, 1.82) is 0 Å². The molecule has 46 heavy (non-hydrogen) atoms. The molecule has 1 N–H and O–H groups in total. The second kappa shape index (κ2) is 9.18. The molecule has 1 aliphatic heterocycles. The van der Waals surface area contributed by atoms with Crippen molar-refractivity contribution in [3.8, 4) is 11.1 Å². The highest BCUT2D eigenvalue weighted by atomic mass is 15.3. The first kappa shape index (κ1) is 25.6. The fourth-order valence-corrected chi connectivity index (χ4v) is 8.35. The Hall–Kier alpha value is -5.67. The fraction of sp³-hybridized carbons (Fsp3) is 0.0930. The van der Waals surface area contributed by atoms with Crippen LogP contribution < -0.4 is 15.9 Å². The number of nitrogens with zero attached hydrogens (tertiary/aromatic N) is 2. The minimum atomic E-state index is -0.344. The Kier molecular flexibility index (Phi) is 5.12. The minimum Gasteiger partial charge on any atom is -0.345 e. The number of hydrogen-bond donors (Lipinski definition) is 1. The van der Waals surface area contributed by atoms with E-state index in [0.717, 1.165) is 21.8 Å². The van der Waals surface area contributed by atoms with Gasteiger partial charge in [0.2, 0.25) is 6.29 Å². The summed E-state index contributed by atoms with van der Waals surface area (Å²) in [5.41, 5.74) is 9.95. The number of hydrogen-bond acceptors (Lipinski definition) is 2. The van der Waals surface area contributed by atoms with E-state index in [1.165, 1.54) is 65.6 Å². The predicted octanol–water partition coefficient (Wildman–Crippen LogP) is 8.94. The molecule has 0 saturated carbocycles. The highest BCUT2D eigenvalue weighted by Gasteiger charge is 2.40. The maximum atomic E-state index is 5.46. The van der Waals surface area contributed by atoms with Gasteiger partial charge in [-0.15, -0.1) is 0 Å².